The Kier molecular flexibility index (Phi) is 5.48. The van der Waals surface area contributed by atoms with Crippen LogP contribution in [0, 0.1) is 29.6 Å². The molecular formula is C30H36O8. The highest BCUT2D eigenvalue weighted by Gasteiger charge is 2.58. The molecular weight excluding hydrogens is 488 g/mol. The molecule has 3 aliphatic carbocycles. The van der Waals surface area contributed by atoms with Crippen LogP contribution in [0.25, 0.3) is 0 Å². The lowest BCUT2D eigenvalue weighted by Crippen LogP contribution is -2.53. The SMILES string of the molecule is CC(C)C(=O)O[C@H]1C[C@@H]2[C@H](C[C@@H]1C)C1=C(OC2(C)C)C(=O)c2c(cc(O)c3c2C[C@@H]2[C@@H](O)OC[C@]32C)C1=O. The molecule has 5 aliphatic rings. The Labute approximate surface area is 222 Å². The summed E-state index contributed by atoms with van der Waals surface area (Å²) < 4.78 is 17.7. The number of rotatable bonds is 2. The number of benzene rings is 1. The highest BCUT2D eigenvalue weighted by Crippen LogP contribution is 2.57. The summed E-state index contributed by atoms with van der Waals surface area (Å²) in [7, 11) is 0. The van der Waals surface area contributed by atoms with Crippen molar-refractivity contribution < 1.29 is 38.8 Å². The molecule has 0 bridgehead atoms. The van der Waals surface area contributed by atoms with E-state index in [9.17, 15) is 24.6 Å². The lowest BCUT2D eigenvalue weighted by Gasteiger charge is -2.51. The summed E-state index contributed by atoms with van der Waals surface area (Å²) in [5, 5.41) is 21.6. The molecule has 204 valence electrons. The first-order chi connectivity index (χ1) is 17.8. The van der Waals surface area contributed by atoms with Crippen molar-refractivity contribution in [2.24, 2.45) is 29.6 Å². The van der Waals surface area contributed by atoms with Crippen LogP contribution in [0.3, 0.4) is 0 Å². The molecule has 1 saturated carbocycles. The van der Waals surface area contributed by atoms with Gasteiger partial charge < -0.3 is 24.4 Å². The molecule has 1 saturated heterocycles. The zero-order valence-electron chi connectivity index (χ0n) is 22.8. The number of aliphatic hydroxyl groups is 1. The predicted molar refractivity (Wildman–Crippen MR) is 136 cm³/mol. The maximum absolute atomic E-state index is 14.1. The van der Waals surface area contributed by atoms with E-state index in [0.717, 1.165) is 0 Å². The van der Waals surface area contributed by atoms with Gasteiger partial charge in [-0.2, -0.15) is 0 Å². The van der Waals surface area contributed by atoms with Gasteiger partial charge in [-0.05, 0) is 56.6 Å². The average molecular weight is 525 g/mol. The number of ether oxygens (including phenoxy) is 3. The maximum atomic E-state index is 14.1. The van der Waals surface area contributed by atoms with E-state index < -0.39 is 17.3 Å². The van der Waals surface area contributed by atoms with E-state index in [0.29, 0.717) is 36.0 Å². The largest absolute Gasteiger partial charge is 0.508 e. The molecule has 7 atom stereocenters. The average Bonchev–Trinajstić information content (AvgIpc) is 3.29. The van der Waals surface area contributed by atoms with Gasteiger partial charge >= 0.3 is 5.97 Å². The Morgan fingerprint density at radius 1 is 1.13 bits per heavy atom. The number of Topliss-reactive ketones (excluding diaryl/α,β-unsaturated/α-hetero) is 2. The molecule has 0 unspecified atom stereocenters. The summed E-state index contributed by atoms with van der Waals surface area (Å²) >= 11 is 0. The minimum absolute atomic E-state index is 0.000124. The van der Waals surface area contributed by atoms with Gasteiger partial charge in [0.25, 0.3) is 0 Å². The van der Waals surface area contributed by atoms with E-state index >= 15 is 0 Å². The molecule has 1 aromatic carbocycles. The van der Waals surface area contributed by atoms with Gasteiger partial charge in [0.15, 0.2) is 17.8 Å². The van der Waals surface area contributed by atoms with Crippen molar-refractivity contribution in [3.63, 3.8) is 0 Å². The number of phenolic OH excluding ortho intramolecular Hbond substituents is 1. The number of hydrogen-bond acceptors (Lipinski definition) is 8. The molecule has 0 amide bonds. The molecule has 2 N–H and O–H groups in total. The molecule has 0 radical (unpaired) electrons. The van der Waals surface area contributed by atoms with E-state index in [2.05, 4.69) is 0 Å². The number of phenols is 1. The van der Waals surface area contributed by atoms with Crippen LogP contribution in [0.5, 0.6) is 5.75 Å². The van der Waals surface area contributed by atoms with E-state index in [1.807, 2.05) is 27.7 Å². The lowest BCUT2D eigenvalue weighted by molar-refractivity contribution is -0.164. The first-order valence-electron chi connectivity index (χ1n) is 13.7. The second kappa shape index (κ2) is 8.15. The number of allylic oxidation sites excluding steroid dienone is 2. The predicted octanol–water partition coefficient (Wildman–Crippen LogP) is 3.84. The fraction of sp³-hybridized carbons (Fsp3) is 0.633. The number of aromatic hydroxyl groups is 1. The summed E-state index contributed by atoms with van der Waals surface area (Å²) in [5.74, 6) is -1.72. The Morgan fingerprint density at radius 3 is 2.53 bits per heavy atom. The molecule has 0 spiro atoms. The molecule has 2 fully saturated rings. The first kappa shape index (κ1) is 25.6. The van der Waals surface area contributed by atoms with Gasteiger partial charge in [0.1, 0.15) is 17.5 Å². The standard InChI is InChI=1S/C30H36O8/c1-12(2)27(34)37-20-10-17-14(7-13(20)3)22-24(32)16-9-19(31)23-15(8-18-28(35)36-11-30(18,23)6)21(16)25(33)26(22)38-29(17,4)5/h9,12-14,17-18,20,28,31,35H,7-8,10-11H2,1-6H3/t13-,14-,17+,18+,20-,28-,30-/m0/s1. The normalized spacial score (nSPS) is 36.7. The van der Waals surface area contributed by atoms with Crippen LogP contribution in [-0.4, -0.2) is 52.4 Å². The summed E-state index contributed by atoms with van der Waals surface area (Å²) in [6, 6.07) is 1.42. The van der Waals surface area contributed by atoms with Crippen LogP contribution < -0.4 is 0 Å². The minimum atomic E-state index is -1.00. The van der Waals surface area contributed by atoms with Gasteiger partial charge in [-0.15, -0.1) is 0 Å². The number of carbonyl (C=O) groups excluding carboxylic acids is 3. The van der Waals surface area contributed by atoms with Crippen molar-refractivity contribution in [3.05, 3.63) is 39.7 Å². The van der Waals surface area contributed by atoms with Crippen LogP contribution >= 0.6 is 0 Å². The van der Waals surface area contributed by atoms with Crippen LogP contribution in [-0.2, 0) is 30.8 Å². The zero-order chi connectivity index (χ0) is 27.5. The molecule has 2 heterocycles. The third-order valence-corrected chi connectivity index (χ3v) is 9.89. The van der Waals surface area contributed by atoms with Crippen LogP contribution in [0.2, 0.25) is 0 Å². The topological polar surface area (TPSA) is 119 Å². The number of hydrogen-bond donors (Lipinski definition) is 2. The van der Waals surface area contributed by atoms with E-state index in [4.69, 9.17) is 14.2 Å². The van der Waals surface area contributed by atoms with Crippen LogP contribution in [0.4, 0.5) is 0 Å². The number of carbonyl (C=O) groups is 3. The van der Waals surface area contributed by atoms with Gasteiger partial charge in [-0.1, -0.05) is 27.7 Å². The minimum Gasteiger partial charge on any atom is -0.508 e. The van der Waals surface area contributed by atoms with Gasteiger partial charge in [-0.3, -0.25) is 14.4 Å². The molecule has 6 rings (SSSR count). The summed E-state index contributed by atoms with van der Waals surface area (Å²) in [6.45, 7) is 11.6. The quantitative estimate of drug-likeness (QED) is 0.560. The molecule has 8 heteroatoms. The number of fused-ring (bicyclic) bond motifs is 7. The van der Waals surface area contributed by atoms with Crippen molar-refractivity contribution >= 4 is 17.5 Å². The monoisotopic (exact) mass is 524 g/mol. The van der Waals surface area contributed by atoms with Crippen LogP contribution in [0.1, 0.15) is 86.2 Å². The van der Waals surface area contributed by atoms with Gasteiger partial charge in [-0.25, -0.2) is 0 Å². The van der Waals surface area contributed by atoms with Crippen molar-refractivity contribution in [2.75, 3.05) is 6.61 Å². The number of esters is 1. The number of aliphatic hydroxyl groups excluding tert-OH is 1. The lowest BCUT2D eigenvalue weighted by atomic mass is 9.61. The molecule has 1 aromatic rings. The van der Waals surface area contributed by atoms with Crippen molar-refractivity contribution in [1.29, 1.82) is 0 Å². The fourth-order valence-electron chi connectivity index (χ4n) is 7.76. The van der Waals surface area contributed by atoms with Gasteiger partial charge in [0, 0.05) is 39.5 Å². The van der Waals surface area contributed by atoms with Crippen molar-refractivity contribution in [1.82, 2.24) is 0 Å². The highest BCUT2D eigenvalue weighted by atomic mass is 16.6. The molecule has 8 nitrogen and oxygen atoms in total. The van der Waals surface area contributed by atoms with Crippen molar-refractivity contribution in [2.45, 2.75) is 84.2 Å². The molecule has 2 aliphatic heterocycles. The fourth-order valence-corrected chi connectivity index (χ4v) is 7.76. The second-order valence-electron chi connectivity index (χ2n) is 13.0. The van der Waals surface area contributed by atoms with Crippen LogP contribution in [0.15, 0.2) is 17.4 Å². The van der Waals surface area contributed by atoms with Crippen molar-refractivity contribution in [3.8, 4) is 5.75 Å². The Hall–Kier alpha value is -2.71. The number of ketones is 2. The zero-order valence-corrected chi connectivity index (χ0v) is 22.8. The van der Waals surface area contributed by atoms with Gasteiger partial charge in [0.05, 0.1) is 12.5 Å². The Bertz CT molecular complexity index is 1310. The summed E-state index contributed by atoms with van der Waals surface area (Å²) in [6.07, 6.45) is 0.162. The van der Waals surface area contributed by atoms with E-state index in [-0.39, 0.29) is 82.5 Å². The third kappa shape index (κ3) is 3.32. The summed E-state index contributed by atoms with van der Waals surface area (Å²) in [4.78, 5) is 40.6. The Morgan fingerprint density at radius 2 is 1.84 bits per heavy atom. The second-order valence-corrected chi connectivity index (χ2v) is 13.0. The highest BCUT2D eigenvalue weighted by molar-refractivity contribution is 6.27. The Balaban J connectivity index is 1.42. The van der Waals surface area contributed by atoms with E-state index in [1.165, 1.54) is 6.07 Å². The molecule has 38 heavy (non-hydrogen) atoms. The summed E-state index contributed by atoms with van der Waals surface area (Å²) in [5.41, 5.74) is 0.646. The van der Waals surface area contributed by atoms with Gasteiger partial charge in [0.2, 0.25) is 5.78 Å². The first-order valence-corrected chi connectivity index (χ1v) is 13.7. The smallest absolute Gasteiger partial charge is 0.308 e. The van der Waals surface area contributed by atoms with E-state index in [1.54, 1.807) is 13.8 Å². The maximum Gasteiger partial charge on any atom is 0.308 e. The third-order valence-electron chi connectivity index (χ3n) is 9.89. The molecule has 0 aromatic heterocycles.